The molecule has 3 heteroatoms. The van der Waals surface area contributed by atoms with Crippen LogP contribution in [-0.4, -0.2) is 13.7 Å². The lowest BCUT2D eigenvalue weighted by atomic mass is 9.81. The van der Waals surface area contributed by atoms with Gasteiger partial charge in [0, 0.05) is 10.5 Å². The minimum Gasteiger partial charge on any atom is -0.494 e. The van der Waals surface area contributed by atoms with Crippen LogP contribution in [0.1, 0.15) is 49.8 Å². The van der Waals surface area contributed by atoms with Gasteiger partial charge in [-0.3, -0.25) is 0 Å². The number of fused-ring (bicyclic) bond motifs is 1. The maximum absolute atomic E-state index is 5.62. The molecule has 2 nitrogen and oxygen atoms in total. The van der Waals surface area contributed by atoms with Crippen molar-refractivity contribution in [3.8, 4) is 5.75 Å². The lowest BCUT2D eigenvalue weighted by Crippen LogP contribution is -2.23. The lowest BCUT2D eigenvalue weighted by Gasteiger charge is -2.31. The molecular formula is C14H20BrNO. The highest BCUT2D eigenvalue weighted by molar-refractivity contribution is 9.10. The van der Waals surface area contributed by atoms with Crippen LogP contribution in [0.2, 0.25) is 0 Å². The fourth-order valence-corrected chi connectivity index (χ4v) is 3.53. The average Bonchev–Trinajstić information content (AvgIpc) is 2.29. The molecule has 1 aromatic rings. The number of rotatable bonds is 3. The highest BCUT2D eigenvalue weighted by Crippen LogP contribution is 2.43. The Labute approximate surface area is 112 Å². The first-order valence-electron chi connectivity index (χ1n) is 6.30. The fourth-order valence-electron chi connectivity index (χ4n) is 2.69. The van der Waals surface area contributed by atoms with Crippen molar-refractivity contribution >= 4 is 15.9 Å². The summed E-state index contributed by atoms with van der Waals surface area (Å²) < 4.78 is 6.81. The highest BCUT2D eigenvalue weighted by Gasteiger charge is 2.26. The van der Waals surface area contributed by atoms with Crippen LogP contribution < -0.4 is 10.1 Å². The molecule has 0 heterocycles. The highest BCUT2D eigenvalue weighted by atomic mass is 79.9. The zero-order valence-corrected chi connectivity index (χ0v) is 12.3. The summed E-state index contributed by atoms with van der Waals surface area (Å²) in [7, 11) is 2.03. The van der Waals surface area contributed by atoms with Gasteiger partial charge in [0.2, 0.25) is 0 Å². The molecule has 2 atom stereocenters. The Morgan fingerprint density at radius 2 is 2.18 bits per heavy atom. The zero-order chi connectivity index (χ0) is 12.4. The van der Waals surface area contributed by atoms with Gasteiger partial charge in [0.25, 0.3) is 0 Å². The van der Waals surface area contributed by atoms with Gasteiger partial charge in [-0.1, -0.05) is 22.9 Å². The third kappa shape index (κ3) is 2.50. The molecule has 0 amide bonds. The van der Waals surface area contributed by atoms with E-state index in [4.69, 9.17) is 4.74 Å². The minimum absolute atomic E-state index is 0.456. The van der Waals surface area contributed by atoms with Crippen LogP contribution in [0, 0.1) is 0 Å². The van der Waals surface area contributed by atoms with Crippen LogP contribution >= 0.6 is 15.9 Å². The van der Waals surface area contributed by atoms with Crippen molar-refractivity contribution < 1.29 is 4.74 Å². The summed E-state index contributed by atoms with van der Waals surface area (Å²) in [6.07, 6.45) is 2.44. The fraction of sp³-hybridized carbons (Fsp3) is 0.571. The van der Waals surface area contributed by atoms with Crippen molar-refractivity contribution in [3.63, 3.8) is 0 Å². The number of halogens is 1. The molecule has 94 valence electrons. The third-order valence-corrected chi connectivity index (χ3v) is 4.21. The summed E-state index contributed by atoms with van der Waals surface area (Å²) >= 11 is 3.69. The Morgan fingerprint density at radius 1 is 1.41 bits per heavy atom. The maximum Gasteiger partial charge on any atom is 0.120 e. The number of benzene rings is 1. The van der Waals surface area contributed by atoms with E-state index in [1.54, 1.807) is 0 Å². The summed E-state index contributed by atoms with van der Waals surface area (Å²) in [4.78, 5) is 0. The van der Waals surface area contributed by atoms with Gasteiger partial charge in [0.15, 0.2) is 0 Å². The summed E-state index contributed by atoms with van der Waals surface area (Å²) in [6.45, 7) is 5.03. The summed E-state index contributed by atoms with van der Waals surface area (Å²) in [5, 5.41) is 3.40. The van der Waals surface area contributed by atoms with E-state index in [9.17, 15) is 0 Å². The van der Waals surface area contributed by atoms with E-state index in [-0.39, 0.29) is 0 Å². The Balaban J connectivity index is 2.47. The summed E-state index contributed by atoms with van der Waals surface area (Å²) in [5.41, 5.74) is 2.84. The Bertz CT molecular complexity index is 405. The lowest BCUT2D eigenvalue weighted by molar-refractivity contribution is 0.338. The molecule has 1 aromatic carbocycles. The minimum atomic E-state index is 0.456. The van der Waals surface area contributed by atoms with Gasteiger partial charge in [-0.15, -0.1) is 0 Å². The molecule has 0 saturated heterocycles. The molecule has 0 saturated carbocycles. The number of hydrogen-bond acceptors (Lipinski definition) is 2. The molecule has 0 radical (unpaired) electrons. The predicted octanol–water partition coefficient (Wildman–Crippen LogP) is 4.01. The van der Waals surface area contributed by atoms with Crippen molar-refractivity contribution in [2.75, 3.05) is 13.7 Å². The first-order chi connectivity index (χ1) is 8.17. The normalized spacial score (nSPS) is 23.3. The Morgan fingerprint density at radius 3 is 2.82 bits per heavy atom. The molecule has 17 heavy (non-hydrogen) atoms. The van der Waals surface area contributed by atoms with E-state index in [0.717, 1.165) is 5.75 Å². The number of nitrogens with one attached hydrogen (secondary N) is 1. The monoisotopic (exact) mass is 297 g/mol. The first kappa shape index (κ1) is 12.9. The molecule has 0 bridgehead atoms. The number of hydrogen-bond donors (Lipinski definition) is 1. The van der Waals surface area contributed by atoms with Crippen molar-refractivity contribution in [1.29, 1.82) is 0 Å². The van der Waals surface area contributed by atoms with Gasteiger partial charge < -0.3 is 10.1 Å². The molecule has 0 aromatic heterocycles. The van der Waals surface area contributed by atoms with Crippen LogP contribution in [-0.2, 0) is 0 Å². The molecular weight excluding hydrogens is 278 g/mol. The van der Waals surface area contributed by atoms with Crippen molar-refractivity contribution in [2.24, 2.45) is 0 Å². The van der Waals surface area contributed by atoms with Gasteiger partial charge in [-0.05, 0) is 56.0 Å². The SMILES string of the molecule is CCOc1cc(Br)c2c(c1)C(NC)CCC2C. The quantitative estimate of drug-likeness (QED) is 0.910. The molecule has 0 aliphatic heterocycles. The standard InChI is InChI=1S/C14H20BrNO/c1-4-17-10-7-11-13(16-3)6-5-9(2)14(11)12(15)8-10/h7-9,13,16H,4-6H2,1-3H3. The van der Waals surface area contributed by atoms with Gasteiger partial charge in [-0.25, -0.2) is 0 Å². The Hall–Kier alpha value is -0.540. The molecule has 0 fully saturated rings. The second kappa shape index (κ2) is 5.40. The second-order valence-corrected chi connectivity index (χ2v) is 5.52. The molecule has 1 N–H and O–H groups in total. The summed E-state index contributed by atoms with van der Waals surface area (Å²) in [6, 6.07) is 4.75. The first-order valence-corrected chi connectivity index (χ1v) is 7.10. The maximum atomic E-state index is 5.62. The molecule has 1 aliphatic carbocycles. The number of ether oxygens (including phenoxy) is 1. The van der Waals surface area contributed by atoms with Crippen molar-refractivity contribution in [3.05, 3.63) is 27.7 Å². The van der Waals surface area contributed by atoms with E-state index in [2.05, 4.69) is 40.3 Å². The molecule has 0 spiro atoms. The van der Waals surface area contributed by atoms with E-state index >= 15 is 0 Å². The van der Waals surface area contributed by atoms with Gasteiger partial charge in [-0.2, -0.15) is 0 Å². The summed E-state index contributed by atoms with van der Waals surface area (Å²) in [5.74, 6) is 1.59. The predicted molar refractivity (Wildman–Crippen MR) is 74.8 cm³/mol. The van der Waals surface area contributed by atoms with Crippen LogP contribution in [0.3, 0.4) is 0 Å². The Kier molecular flexibility index (Phi) is 4.10. The van der Waals surface area contributed by atoms with E-state index in [1.165, 1.54) is 28.4 Å². The van der Waals surface area contributed by atoms with E-state index < -0.39 is 0 Å². The zero-order valence-electron chi connectivity index (χ0n) is 10.7. The van der Waals surface area contributed by atoms with Gasteiger partial charge in [0.1, 0.15) is 5.75 Å². The molecule has 1 aliphatic rings. The average molecular weight is 298 g/mol. The smallest absolute Gasteiger partial charge is 0.120 e. The van der Waals surface area contributed by atoms with E-state index in [0.29, 0.717) is 18.6 Å². The topological polar surface area (TPSA) is 21.3 Å². The second-order valence-electron chi connectivity index (χ2n) is 4.66. The van der Waals surface area contributed by atoms with Gasteiger partial charge in [0.05, 0.1) is 6.61 Å². The van der Waals surface area contributed by atoms with Crippen LogP contribution in [0.15, 0.2) is 16.6 Å². The van der Waals surface area contributed by atoms with E-state index in [1.807, 2.05) is 14.0 Å². The van der Waals surface area contributed by atoms with Crippen LogP contribution in [0.25, 0.3) is 0 Å². The van der Waals surface area contributed by atoms with Crippen molar-refractivity contribution in [2.45, 2.75) is 38.6 Å². The molecule has 2 unspecified atom stereocenters. The van der Waals surface area contributed by atoms with Gasteiger partial charge >= 0.3 is 0 Å². The van der Waals surface area contributed by atoms with Crippen LogP contribution in [0.5, 0.6) is 5.75 Å². The van der Waals surface area contributed by atoms with Crippen molar-refractivity contribution in [1.82, 2.24) is 5.32 Å². The molecule has 2 rings (SSSR count). The van der Waals surface area contributed by atoms with Crippen LogP contribution in [0.4, 0.5) is 0 Å². The largest absolute Gasteiger partial charge is 0.494 e. The third-order valence-electron chi connectivity index (χ3n) is 3.55.